The lowest BCUT2D eigenvalue weighted by molar-refractivity contribution is 0.00518. The first-order valence-electron chi connectivity index (χ1n) is 8.91. The van der Waals surface area contributed by atoms with E-state index >= 15 is 0 Å². The van der Waals surface area contributed by atoms with Crippen LogP contribution in [0.2, 0.25) is 0 Å². The zero-order valence-corrected chi connectivity index (χ0v) is 15.0. The van der Waals surface area contributed by atoms with Crippen LogP contribution in [0.4, 0.5) is 10.2 Å². The Morgan fingerprint density at radius 2 is 1.89 bits per heavy atom. The lowest BCUT2D eigenvalue weighted by atomic mass is 9.87. The van der Waals surface area contributed by atoms with Crippen LogP contribution in [-0.4, -0.2) is 60.8 Å². The van der Waals surface area contributed by atoms with Crippen LogP contribution in [0.25, 0.3) is 5.65 Å². The number of piperazine rings is 1. The van der Waals surface area contributed by atoms with Gasteiger partial charge in [-0.1, -0.05) is 0 Å². The molecule has 138 valence electrons. The molecular weight excluding hydrogens is 349 g/mol. The molecule has 2 unspecified atom stereocenters. The lowest BCUT2D eigenvalue weighted by Gasteiger charge is -2.56. The van der Waals surface area contributed by atoms with E-state index in [0.717, 1.165) is 18.1 Å². The number of piperidine rings is 1. The summed E-state index contributed by atoms with van der Waals surface area (Å²) >= 11 is 0. The van der Waals surface area contributed by atoms with Gasteiger partial charge in [0.1, 0.15) is 17.3 Å². The third-order valence-electron chi connectivity index (χ3n) is 5.40. The van der Waals surface area contributed by atoms with Gasteiger partial charge in [-0.2, -0.15) is 4.52 Å². The maximum atomic E-state index is 13.4. The van der Waals surface area contributed by atoms with Gasteiger partial charge < -0.3 is 9.80 Å². The number of aryl methyl sites for hydroxylation is 2. The minimum atomic E-state index is -0.396. The Morgan fingerprint density at radius 3 is 2.63 bits per heavy atom. The second kappa shape index (κ2) is 5.70. The molecule has 0 saturated carbocycles. The molecule has 0 N–H and O–H groups in total. The molecule has 3 aromatic heterocycles. The van der Waals surface area contributed by atoms with E-state index in [1.165, 1.54) is 12.1 Å². The molecule has 2 atom stereocenters. The summed E-state index contributed by atoms with van der Waals surface area (Å²) in [5.41, 5.74) is 1.26. The van der Waals surface area contributed by atoms with E-state index in [0.29, 0.717) is 24.4 Å². The van der Waals surface area contributed by atoms with Crippen molar-refractivity contribution in [2.45, 2.75) is 32.4 Å². The van der Waals surface area contributed by atoms with E-state index in [2.05, 4.69) is 25.2 Å². The quantitative estimate of drug-likeness (QED) is 0.681. The number of rotatable bonds is 2. The van der Waals surface area contributed by atoms with Crippen molar-refractivity contribution in [1.29, 1.82) is 0 Å². The van der Waals surface area contributed by atoms with Crippen LogP contribution < -0.4 is 4.90 Å². The van der Waals surface area contributed by atoms with E-state index in [-0.39, 0.29) is 23.7 Å². The summed E-state index contributed by atoms with van der Waals surface area (Å²) in [7, 11) is 0. The van der Waals surface area contributed by atoms with Crippen LogP contribution in [0.1, 0.15) is 28.4 Å². The van der Waals surface area contributed by atoms with Gasteiger partial charge in [0.25, 0.3) is 5.91 Å². The number of carbonyl (C=O) groups excluding carboxylic acids is 1. The molecule has 3 aromatic rings. The topological polar surface area (TPSA) is 79.5 Å². The highest BCUT2D eigenvalue weighted by Gasteiger charge is 2.48. The summed E-state index contributed by atoms with van der Waals surface area (Å²) in [6.45, 7) is 4.85. The summed E-state index contributed by atoms with van der Waals surface area (Å²) in [4.78, 5) is 21.0. The molecule has 0 radical (unpaired) electrons. The van der Waals surface area contributed by atoms with Crippen LogP contribution >= 0.6 is 0 Å². The fraction of sp³-hybridized carbons (Fsp3) is 0.389. The van der Waals surface area contributed by atoms with Crippen LogP contribution in [-0.2, 0) is 0 Å². The minimum absolute atomic E-state index is 0.114. The van der Waals surface area contributed by atoms with Gasteiger partial charge >= 0.3 is 0 Å². The van der Waals surface area contributed by atoms with Crippen molar-refractivity contribution in [1.82, 2.24) is 29.7 Å². The Hall–Kier alpha value is -3.10. The first kappa shape index (κ1) is 16.1. The molecular formula is C18H18FN7O. The number of hydrogen-bond acceptors (Lipinski definition) is 6. The van der Waals surface area contributed by atoms with Gasteiger partial charge in [0.15, 0.2) is 11.5 Å². The zero-order chi connectivity index (χ0) is 18.7. The van der Waals surface area contributed by atoms with Gasteiger partial charge in [-0.25, -0.2) is 9.37 Å². The normalized spacial score (nSPS) is 21.4. The smallest absolute Gasteiger partial charge is 0.273 e. The minimum Gasteiger partial charge on any atom is -0.351 e. The maximum Gasteiger partial charge on any atom is 0.273 e. The molecule has 27 heavy (non-hydrogen) atoms. The average molecular weight is 367 g/mol. The van der Waals surface area contributed by atoms with Gasteiger partial charge in [0.05, 0.1) is 17.8 Å². The number of carbonyl (C=O) groups is 1. The molecule has 8 nitrogen and oxygen atoms in total. The Bertz CT molecular complexity index is 1050. The lowest BCUT2D eigenvalue weighted by Crippen LogP contribution is -2.70. The standard InChI is InChI=1S/C18H18FN7O/c1-10-14(19)3-4-15(20-10)18(27)25-12-7-13(25)9-24(8-12)17-6-5-16-22-21-11(2)26(16)23-17/h3-6,12-13H,7-9H2,1-2H3. The highest BCUT2D eigenvalue weighted by atomic mass is 19.1. The molecule has 3 aliphatic heterocycles. The molecule has 6 rings (SSSR count). The number of pyridine rings is 1. The predicted molar refractivity (Wildman–Crippen MR) is 95.0 cm³/mol. The molecule has 3 fully saturated rings. The van der Waals surface area contributed by atoms with Gasteiger partial charge in [-0.15, -0.1) is 15.3 Å². The molecule has 1 amide bonds. The first-order valence-corrected chi connectivity index (χ1v) is 8.91. The number of halogens is 1. The summed E-state index contributed by atoms with van der Waals surface area (Å²) in [5, 5.41) is 12.7. The fourth-order valence-corrected chi connectivity index (χ4v) is 3.98. The largest absolute Gasteiger partial charge is 0.351 e. The van der Waals surface area contributed by atoms with E-state index < -0.39 is 5.82 Å². The molecule has 9 heteroatoms. The molecule has 3 saturated heterocycles. The van der Waals surface area contributed by atoms with E-state index in [4.69, 9.17) is 0 Å². The second-order valence-corrected chi connectivity index (χ2v) is 7.13. The maximum absolute atomic E-state index is 13.4. The van der Waals surface area contributed by atoms with Crippen LogP contribution in [0.3, 0.4) is 0 Å². The van der Waals surface area contributed by atoms with Crippen LogP contribution in [0.5, 0.6) is 0 Å². The monoisotopic (exact) mass is 367 g/mol. The van der Waals surface area contributed by atoms with Crippen molar-refractivity contribution in [3.63, 3.8) is 0 Å². The van der Waals surface area contributed by atoms with E-state index in [1.54, 1.807) is 11.4 Å². The average Bonchev–Trinajstić information content (AvgIpc) is 3.04. The number of anilines is 1. The van der Waals surface area contributed by atoms with Crippen molar-refractivity contribution in [3.05, 3.63) is 47.3 Å². The Labute approximate surface area is 154 Å². The summed E-state index contributed by atoms with van der Waals surface area (Å²) in [5.74, 6) is 1.07. The zero-order valence-electron chi connectivity index (χ0n) is 15.0. The third-order valence-corrected chi connectivity index (χ3v) is 5.40. The SMILES string of the molecule is Cc1nc(C(=O)N2C3CC2CN(c2ccc4nnc(C)n4n2)C3)ccc1F. The Kier molecular flexibility index (Phi) is 3.40. The number of fused-ring (bicyclic) bond motifs is 3. The van der Waals surface area contributed by atoms with Crippen LogP contribution in [0.15, 0.2) is 24.3 Å². The summed E-state index contributed by atoms with van der Waals surface area (Å²) in [6, 6.07) is 6.83. The van der Waals surface area contributed by atoms with Gasteiger partial charge in [0.2, 0.25) is 0 Å². The molecule has 0 aromatic carbocycles. The number of amides is 1. The van der Waals surface area contributed by atoms with Crippen molar-refractivity contribution in [2.24, 2.45) is 0 Å². The Balaban J connectivity index is 1.36. The van der Waals surface area contributed by atoms with Crippen molar-refractivity contribution in [3.8, 4) is 0 Å². The molecule has 0 spiro atoms. The summed E-state index contributed by atoms with van der Waals surface area (Å²) in [6.07, 6.45) is 0.969. The first-order chi connectivity index (χ1) is 13.0. The number of nitrogens with zero attached hydrogens (tertiary/aromatic N) is 7. The van der Waals surface area contributed by atoms with Gasteiger partial charge in [0, 0.05) is 13.1 Å². The molecule has 6 heterocycles. The van der Waals surface area contributed by atoms with Crippen molar-refractivity contribution in [2.75, 3.05) is 18.0 Å². The van der Waals surface area contributed by atoms with Gasteiger partial charge in [-0.3, -0.25) is 4.79 Å². The Morgan fingerprint density at radius 1 is 1.11 bits per heavy atom. The van der Waals surface area contributed by atoms with Crippen molar-refractivity contribution >= 4 is 17.4 Å². The third kappa shape index (κ3) is 2.45. The highest BCUT2D eigenvalue weighted by molar-refractivity contribution is 5.93. The van der Waals surface area contributed by atoms with Crippen molar-refractivity contribution < 1.29 is 9.18 Å². The summed E-state index contributed by atoms with van der Waals surface area (Å²) < 4.78 is 15.2. The highest BCUT2D eigenvalue weighted by Crippen LogP contribution is 2.35. The second-order valence-electron chi connectivity index (χ2n) is 7.13. The fourth-order valence-electron chi connectivity index (χ4n) is 3.98. The molecule has 0 aliphatic carbocycles. The number of hydrogen-bond donors (Lipinski definition) is 0. The molecule has 3 aliphatic rings. The van der Waals surface area contributed by atoms with Gasteiger partial charge in [-0.05, 0) is 44.5 Å². The van der Waals surface area contributed by atoms with E-state index in [9.17, 15) is 9.18 Å². The predicted octanol–water partition coefficient (Wildman–Crippen LogP) is 1.38. The number of aromatic nitrogens is 5. The van der Waals surface area contributed by atoms with E-state index in [1.807, 2.05) is 24.0 Å². The van der Waals surface area contributed by atoms with Crippen LogP contribution in [0, 0.1) is 19.7 Å². The molecule has 2 bridgehead atoms.